The Balaban J connectivity index is 1.76. The van der Waals surface area contributed by atoms with Crippen LogP contribution in [0.2, 0.25) is 0 Å². The number of hydrogen-bond acceptors (Lipinski definition) is 3. The summed E-state index contributed by atoms with van der Waals surface area (Å²) < 4.78 is 2.27. The van der Waals surface area contributed by atoms with Crippen LogP contribution in [-0.2, 0) is 4.79 Å². The quantitative estimate of drug-likeness (QED) is 0.505. The second kappa shape index (κ2) is 8.83. The van der Waals surface area contributed by atoms with Gasteiger partial charge in [-0.2, -0.15) is 0 Å². The number of rotatable bonds is 5. The molecule has 2 unspecified atom stereocenters. The molecule has 0 aliphatic carbocycles. The first-order valence-corrected chi connectivity index (χ1v) is 9.89. The van der Waals surface area contributed by atoms with E-state index in [1.54, 1.807) is 0 Å². The minimum absolute atomic E-state index is 0.181. The van der Waals surface area contributed by atoms with Crippen LogP contribution in [0.15, 0.2) is 0 Å². The Morgan fingerprint density at radius 1 is 1.09 bits per heavy atom. The van der Waals surface area contributed by atoms with Crippen molar-refractivity contribution in [3.63, 3.8) is 0 Å². The van der Waals surface area contributed by atoms with Crippen molar-refractivity contribution in [2.75, 3.05) is 45.8 Å². The summed E-state index contributed by atoms with van der Waals surface area (Å²) in [6.45, 7) is 14.2. The molecule has 2 aliphatic heterocycles. The van der Waals surface area contributed by atoms with Crippen LogP contribution >= 0.6 is 22.9 Å². The van der Waals surface area contributed by atoms with E-state index in [0.717, 1.165) is 38.5 Å². The smallest absolute Gasteiger partial charge is 0.225 e. The van der Waals surface area contributed by atoms with Crippen molar-refractivity contribution in [3.05, 3.63) is 0 Å². The van der Waals surface area contributed by atoms with Crippen molar-refractivity contribution >= 4 is 28.8 Å². The lowest BCUT2D eigenvalue weighted by molar-refractivity contribution is -0.136. The van der Waals surface area contributed by atoms with Crippen molar-refractivity contribution in [3.8, 4) is 0 Å². The maximum absolute atomic E-state index is 12.6. The zero-order chi connectivity index (χ0) is 16.1. The molecule has 0 aromatic rings. The van der Waals surface area contributed by atoms with Gasteiger partial charge in [-0.15, -0.1) is 0 Å². The molecule has 0 aromatic carbocycles. The van der Waals surface area contributed by atoms with Crippen molar-refractivity contribution in [1.82, 2.24) is 12.9 Å². The number of halogens is 1. The first-order valence-electron chi connectivity index (χ1n) is 8.93. The van der Waals surface area contributed by atoms with Crippen molar-refractivity contribution in [2.24, 2.45) is 17.8 Å². The van der Waals surface area contributed by atoms with E-state index in [2.05, 4.69) is 56.5 Å². The molecule has 2 fully saturated rings. The third-order valence-electron chi connectivity index (χ3n) is 5.57. The van der Waals surface area contributed by atoms with Crippen LogP contribution in [0.4, 0.5) is 0 Å². The van der Waals surface area contributed by atoms with Gasteiger partial charge in [0, 0.05) is 55.0 Å². The van der Waals surface area contributed by atoms with Crippen LogP contribution in [0.1, 0.15) is 40.0 Å². The van der Waals surface area contributed by atoms with E-state index in [0.29, 0.717) is 11.8 Å². The number of amides is 1. The molecule has 0 radical (unpaired) electrons. The number of likely N-dealkylation sites (tertiary alicyclic amines) is 1. The fraction of sp³-hybridized carbons (Fsp3) is 0.941. The second-order valence-electron chi connectivity index (χ2n) is 7.12. The fourth-order valence-corrected chi connectivity index (χ4v) is 4.33. The van der Waals surface area contributed by atoms with Gasteiger partial charge in [-0.1, -0.05) is 20.8 Å². The summed E-state index contributed by atoms with van der Waals surface area (Å²) in [7, 11) is 0. The van der Waals surface area contributed by atoms with Gasteiger partial charge in [0.2, 0.25) is 5.91 Å². The summed E-state index contributed by atoms with van der Waals surface area (Å²) >= 11 is 2.35. The fourth-order valence-electron chi connectivity index (χ4n) is 3.90. The Hall–Kier alpha value is 0.120. The second-order valence-corrected chi connectivity index (χ2v) is 8.49. The van der Waals surface area contributed by atoms with E-state index in [4.69, 9.17) is 0 Å². The molecule has 5 heteroatoms. The number of hydrogen-bond donors (Lipinski definition) is 0. The van der Waals surface area contributed by atoms with Crippen molar-refractivity contribution in [2.45, 2.75) is 40.0 Å². The molecule has 2 saturated heterocycles. The monoisotopic (exact) mass is 421 g/mol. The topological polar surface area (TPSA) is 26.8 Å². The lowest BCUT2D eigenvalue weighted by Gasteiger charge is -2.36. The molecule has 4 nitrogen and oxygen atoms in total. The highest BCUT2D eigenvalue weighted by Crippen LogP contribution is 2.30. The number of carbonyl (C=O) groups excluding carboxylic acids is 1. The van der Waals surface area contributed by atoms with Gasteiger partial charge < -0.3 is 9.80 Å². The van der Waals surface area contributed by atoms with E-state index in [9.17, 15) is 4.79 Å². The predicted octanol–water partition coefficient (Wildman–Crippen LogP) is 2.87. The van der Waals surface area contributed by atoms with Crippen LogP contribution in [0.5, 0.6) is 0 Å². The van der Waals surface area contributed by atoms with Gasteiger partial charge in [0.05, 0.1) is 0 Å². The Kier molecular flexibility index (Phi) is 7.41. The van der Waals surface area contributed by atoms with Crippen molar-refractivity contribution in [1.29, 1.82) is 0 Å². The molecule has 22 heavy (non-hydrogen) atoms. The summed E-state index contributed by atoms with van der Waals surface area (Å²) in [5, 5.41) is 0. The molecule has 0 spiro atoms. The van der Waals surface area contributed by atoms with Crippen LogP contribution in [0.3, 0.4) is 0 Å². The van der Waals surface area contributed by atoms with Gasteiger partial charge in [0.25, 0.3) is 0 Å². The van der Waals surface area contributed by atoms with Gasteiger partial charge in [-0.3, -0.25) is 4.79 Å². The molecule has 128 valence electrons. The summed E-state index contributed by atoms with van der Waals surface area (Å²) in [5.74, 6) is 2.04. The minimum atomic E-state index is 0.181. The molecule has 0 N–H and O–H groups in total. The molecule has 0 saturated carbocycles. The Labute approximate surface area is 150 Å². The summed E-state index contributed by atoms with van der Waals surface area (Å²) in [6.07, 6.45) is 3.67. The lowest BCUT2D eigenvalue weighted by Crippen LogP contribution is -2.47. The third-order valence-corrected chi connectivity index (χ3v) is 6.53. The number of carbonyl (C=O) groups is 1. The summed E-state index contributed by atoms with van der Waals surface area (Å²) in [4.78, 5) is 17.2. The number of piperazine rings is 1. The molecule has 2 atom stereocenters. The summed E-state index contributed by atoms with van der Waals surface area (Å²) in [6, 6.07) is 0. The Morgan fingerprint density at radius 2 is 1.68 bits per heavy atom. The predicted molar refractivity (Wildman–Crippen MR) is 100.0 cm³/mol. The van der Waals surface area contributed by atoms with Crippen LogP contribution < -0.4 is 0 Å². The first-order chi connectivity index (χ1) is 10.5. The lowest BCUT2D eigenvalue weighted by atomic mass is 9.80. The number of piperidine rings is 1. The maximum atomic E-state index is 12.6. The molecule has 2 rings (SSSR count). The van der Waals surface area contributed by atoms with Crippen molar-refractivity contribution < 1.29 is 4.79 Å². The van der Waals surface area contributed by atoms with Gasteiger partial charge >= 0.3 is 0 Å². The maximum Gasteiger partial charge on any atom is 0.225 e. The average molecular weight is 421 g/mol. The Morgan fingerprint density at radius 3 is 2.23 bits per heavy atom. The van der Waals surface area contributed by atoms with Gasteiger partial charge in [-0.25, -0.2) is 3.11 Å². The SMILES string of the molecule is CCN1CCC(C(C)CC(C)C(=O)N2CCN(I)CC2)CC1. The molecule has 0 aromatic heterocycles. The summed E-state index contributed by atoms with van der Waals surface area (Å²) in [5.41, 5.74) is 0. The van der Waals surface area contributed by atoms with E-state index in [1.807, 2.05) is 0 Å². The van der Waals surface area contributed by atoms with E-state index in [-0.39, 0.29) is 5.92 Å². The highest BCUT2D eigenvalue weighted by Gasteiger charge is 2.29. The molecule has 1 amide bonds. The van der Waals surface area contributed by atoms with Gasteiger partial charge in [-0.05, 0) is 50.7 Å². The van der Waals surface area contributed by atoms with Crippen LogP contribution in [-0.4, -0.2) is 64.6 Å². The van der Waals surface area contributed by atoms with E-state index < -0.39 is 0 Å². The van der Waals surface area contributed by atoms with Gasteiger partial charge in [0.1, 0.15) is 0 Å². The zero-order valence-corrected chi connectivity index (χ0v) is 16.6. The van der Waals surface area contributed by atoms with Crippen LogP contribution in [0.25, 0.3) is 0 Å². The average Bonchev–Trinajstić information content (AvgIpc) is 2.54. The molecule has 2 heterocycles. The Bertz CT molecular complexity index is 350. The molecular weight excluding hydrogens is 389 g/mol. The highest BCUT2D eigenvalue weighted by atomic mass is 127. The van der Waals surface area contributed by atoms with Crippen LogP contribution in [0, 0.1) is 17.8 Å². The highest BCUT2D eigenvalue weighted by molar-refractivity contribution is 14.1. The van der Waals surface area contributed by atoms with Gasteiger partial charge in [0.15, 0.2) is 0 Å². The number of nitrogens with zero attached hydrogens (tertiary/aromatic N) is 3. The third kappa shape index (κ3) is 5.06. The normalized spacial score (nSPS) is 25.2. The van der Waals surface area contributed by atoms with E-state index >= 15 is 0 Å². The first kappa shape index (κ1) is 18.5. The molecular formula is C17H32IN3O. The standard InChI is InChI=1S/C17H32IN3O/c1-4-19-7-5-16(6-8-19)14(2)13-15(3)17(22)20-9-11-21(18)12-10-20/h14-16H,4-13H2,1-3H3. The zero-order valence-electron chi connectivity index (χ0n) is 14.4. The molecule has 0 bridgehead atoms. The van der Waals surface area contributed by atoms with E-state index in [1.165, 1.54) is 32.5 Å². The molecule has 2 aliphatic rings. The largest absolute Gasteiger partial charge is 0.340 e. The minimum Gasteiger partial charge on any atom is -0.340 e.